The summed E-state index contributed by atoms with van der Waals surface area (Å²) in [5.41, 5.74) is 2.46. The maximum absolute atomic E-state index is 14.4. The molecule has 1 aliphatic heterocycles. The molecule has 0 fully saturated rings. The highest BCUT2D eigenvalue weighted by atomic mass is 19.1. The number of fused-ring (bicyclic) bond motifs is 1. The van der Waals surface area contributed by atoms with E-state index in [9.17, 15) is 14.0 Å². The first-order valence-corrected chi connectivity index (χ1v) is 12.5. The van der Waals surface area contributed by atoms with Gasteiger partial charge in [0.1, 0.15) is 30.0 Å². The van der Waals surface area contributed by atoms with Crippen LogP contribution in [0.25, 0.3) is 0 Å². The van der Waals surface area contributed by atoms with E-state index in [4.69, 9.17) is 23.7 Å². The number of rotatable bonds is 8. The van der Waals surface area contributed by atoms with Crippen molar-refractivity contribution in [3.63, 3.8) is 0 Å². The number of halogens is 1. The van der Waals surface area contributed by atoms with E-state index < -0.39 is 11.9 Å². The fraction of sp³-hybridized carbons (Fsp3) is 0.333. The minimum absolute atomic E-state index is 0.160. The Labute approximate surface area is 233 Å². The van der Waals surface area contributed by atoms with E-state index in [0.29, 0.717) is 46.4 Å². The normalized spacial score (nSPS) is 14.2. The van der Waals surface area contributed by atoms with Crippen LogP contribution in [0.1, 0.15) is 36.6 Å². The predicted molar refractivity (Wildman–Crippen MR) is 147 cm³/mol. The van der Waals surface area contributed by atoms with Gasteiger partial charge < -0.3 is 33.3 Å². The maximum Gasteiger partial charge on any atom is 0.302 e. The third kappa shape index (κ3) is 7.01. The lowest BCUT2D eigenvalue weighted by atomic mass is 9.97. The number of ether oxygens (including phenoxy) is 6. The molecule has 0 aromatic heterocycles. The van der Waals surface area contributed by atoms with Crippen LogP contribution >= 0.6 is 0 Å². The molecule has 0 unspecified atom stereocenters. The highest BCUT2D eigenvalue weighted by Gasteiger charge is 2.32. The second-order valence-electron chi connectivity index (χ2n) is 8.56. The number of hydrogen-bond donors (Lipinski definition) is 0. The van der Waals surface area contributed by atoms with Crippen LogP contribution in [0, 0.1) is 5.82 Å². The summed E-state index contributed by atoms with van der Waals surface area (Å²) in [6, 6.07) is 15.1. The molecule has 10 heteroatoms. The van der Waals surface area contributed by atoms with Gasteiger partial charge in [0.15, 0.2) is 11.5 Å². The smallest absolute Gasteiger partial charge is 0.302 e. The lowest BCUT2D eigenvalue weighted by Crippen LogP contribution is -2.32. The van der Waals surface area contributed by atoms with Crippen LogP contribution in [0.5, 0.6) is 23.0 Å². The van der Waals surface area contributed by atoms with Crippen LogP contribution in [-0.2, 0) is 25.6 Å². The highest BCUT2D eigenvalue weighted by molar-refractivity contribution is 5.96. The number of esters is 1. The Bertz CT molecular complexity index is 1330. The van der Waals surface area contributed by atoms with Gasteiger partial charge in [-0.3, -0.25) is 9.59 Å². The second-order valence-corrected chi connectivity index (χ2v) is 8.56. The van der Waals surface area contributed by atoms with Crippen molar-refractivity contribution in [3.05, 3.63) is 77.1 Å². The molecule has 40 heavy (non-hydrogen) atoms. The molecule has 0 saturated carbocycles. The number of carbonyl (C=O) groups excluding carboxylic acids is 2. The first-order valence-electron chi connectivity index (χ1n) is 12.5. The van der Waals surface area contributed by atoms with Gasteiger partial charge in [0.2, 0.25) is 0 Å². The van der Waals surface area contributed by atoms with Crippen molar-refractivity contribution < 1.29 is 42.4 Å². The number of hydrogen-bond acceptors (Lipinski definition) is 8. The first-order chi connectivity index (χ1) is 19.3. The predicted octanol–water partition coefficient (Wildman–Crippen LogP) is 5.08. The Kier molecular flexibility index (Phi) is 10.7. The van der Waals surface area contributed by atoms with E-state index >= 15 is 0 Å². The van der Waals surface area contributed by atoms with Crippen molar-refractivity contribution in [3.8, 4) is 23.0 Å². The Morgan fingerprint density at radius 2 is 1.70 bits per heavy atom. The van der Waals surface area contributed by atoms with Gasteiger partial charge >= 0.3 is 5.97 Å². The molecular formula is C30H34FNO8. The lowest BCUT2D eigenvalue weighted by molar-refractivity contribution is -0.140. The summed E-state index contributed by atoms with van der Waals surface area (Å²) in [6.07, 6.45) is -0.674. The number of para-hydroxylation sites is 1. The minimum atomic E-state index is -0.674. The van der Waals surface area contributed by atoms with E-state index in [2.05, 4.69) is 4.74 Å². The molecule has 9 nitrogen and oxygen atoms in total. The van der Waals surface area contributed by atoms with Crippen molar-refractivity contribution >= 4 is 17.6 Å². The molecule has 3 aromatic rings. The molecule has 0 N–H and O–H groups in total. The van der Waals surface area contributed by atoms with E-state index in [1.54, 1.807) is 52.5 Å². The largest absolute Gasteiger partial charge is 0.497 e. The van der Waals surface area contributed by atoms with Crippen LogP contribution in [0.15, 0.2) is 54.6 Å². The fourth-order valence-corrected chi connectivity index (χ4v) is 4.33. The summed E-state index contributed by atoms with van der Waals surface area (Å²) >= 11 is 0. The van der Waals surface area contributed by atoms with Gasteiger partial charge in [0.05, 0.1) is 47.3 Å². The molecule has 1 heterocycles. The Balaban J connectivity index is 0.000000663. The van der Waals surface area contributed by atoms with Crippen LogP contribution < -0.4 is 23.8 Å². The third-order valence-corrected chi connectivity index (χ3v) is 6.13. The topological polar surface area (TPSA) is 92.8 Å². The van der Waals surface area contributed by atoms with Crippen molar-refractivity contribution in [1.82, 2.24) is 0 Å². The zero-order chi connectivity index (χ0) is 29.2. The summed E-state index contributed by atoms with van der Waals surface area (Å²) in [5.74, 6) is 1.22. The van der Waals surface area contributed by atoms with Crippen LogP contribution in [0.4, 0.5) is 10.1 Å². The molecule has 4 rings (SSSR count). The zero-order valence-electron chi connectivity index (χ0n) is 23.5. The summed E-state index contributed by atoms with van der Waals surface area (Å²) in [4.78, 5) is 24.6. The second kappa shape index (κ2) is 14.2. The summed E-state index contributed by atoms with van der Waals surface area (Å²) < 4.78 is 46.7. The average molecular weight is 556 g/mol. The average Bonchev–Trinajstić information content (AvgIpc) is 3.08. The number of amides is 1. The molecular weight excluding hydrogens is 521 g/mol. The molecule has 1 aliphatic rings. The molecule has 0 bridgehead atoms. The Morgan fingerprint density at radius 3 is 2.30 bits per heavy atom. The van der Waals surface area contributed by atoms with Gasteiger partial charge in [0, 0.05) is 29.7 Å². The summed E-state index contributed by atoms with van der Waals surface area (Å²) in [7, 11) is 6.20. The fourth-order valence-electron chi connectivity index (χ4n) is 4.33. The molecule has 0 aliphatic carbocycles. The van der Waals surface area contributed by atoms with Crippen molar-refractivity contribution in [2.24, 2.45) is 0 Å². The standard InChI is InChI=1S/C26H26FNO6.C4H8O2/c1-30-18-10-8-16(23(13-18)32-3)14-28-21-12-17(27)9-11-19(21)25(34-15-24(28)29)20-6-5-7-22(31-2)26(20)33-4;1-3-6-4(2)5/h5-13,25H,14-15H2,1-4H3;3H2,1-2H3/t25-;/m0./s1. The number of benzene rings is 3. The van der Waals surface area contributed by atoms with E-state index in [0.717, 1.165) is 5.56 Å². The van der Waals surface area contributed by atoms with Crippen LogP contribution in [0.2, 0.25) is 0 Å². The van der Waals surface area contributed by atoms with Crippen molar-refractivity contribution in [2.75, 3.05) is 46.6 Å². The van der Waals surface area contributed by atoms with Gasteiger partial charge in [-0.1, -0.05) is 18.2 Å². The van der Waals surface area contributed by atoms with Gasteiger partial charge in [-0.2, -0.15) is 0 Å². The van der Waals surface area contributed by atoms with Crippen LogP contribution in [-0.4, -0.2) is 53.5 Å². The van der Waals surface area contributed by atoms with E-state index in [-0.39, 0.29) is 25.0 Å². The van der Waals surface area contributed by atoms with Gasteiger partial charge in [-0.05, 0) is 37.3 Å². The van der Waals surface area contributed by atoms with E-state index in [1.807, 2.05) is 18.2 Å². The number of nitrogens with zero attached hydrogens (tertiary/aromatic N) is 1. The molecule has 1 atom stereocenters. The molecule has 0 radical (unpaired) electrons. The number of methoxy groups -OCH3 is 4. The maximum atomic E-state index is 14.4. The Morgan fingerprint density at radius 1 is 0.950 bits per heavy atom. The lowest BCUT2D eigenvalue weighted by Gasteiger charge is -2.25. The van der Waals surface area contributed by atoms with Crippen LogP contribution in [0.3, 0.4) is 0 Å². The molecule has 0 saturated heterocycles. The molecule has 0 spiro atoms. The summed E-state index contributed by atoms with van der Waals surface area (Å²) in [5, 5.41) is 0. The molecule has 3 aromatic carbocycles. The van der Waals surface area contributed by atoms with Gasteiger partial charge in [-0.25, -0.2) is 4.39 Å². The molecule has 1 amide bonds. The van der Waals surface area contributed by atoms with Crippen molar-refractivity contribution in [1.29, 1.82) is 0 Å². The van der Waals surface area contributed by atoms with Gasteiger partial charge in [-0.15, -0.1) is 0 Å². The first kappa shape index (κ1) is 30.2. The third-order valence-electron chi connectivity index (χ3n) is 6.13. The number of anilines is 1. The SMILES string of the molecule is CCOC(C)=O.COc1ccc(CN2C(=O)CO[C@H](c3cccc(OC)c3OC)c3ccc(F)cc32)c(OC)c1. The number of carbonyl (C=O) groups is 2. The van der Waals surface area contributed by atoms with Crippen molar-refractivity contribution in [2.45, 2.75) is 26.5 Å². The molecule has 214 valence electrons. The monoisotopic (exact) mass is 555 g/mol. The highest BCUT2D eigenvalue weighted by Crippen LogP contribution is 2.43. The zero-order valence-corrected chi connectivity index (χ0v) is 23.5. The van der Waals surface area contributed by atoms with Gasteiger partial charge in [0.25, 0.3) is 5.91 Å². The minimum Gasteiger partial charge on any atom is -0.497 e. The Hall–Kier alpha value is -4.31. The quantitative estimate of drug-likeness (QED) is 0.355. The summed E-state index contributed by atoms with van der Waals surface area (Å²) in [6.45, 7) is 3.60. The van der Waals surface area contributed by atoms with E-state index in [1.165, 1.54) is 31.1 Å².